The first kappa shape index (κ1) is 20.6. The number of nitrogens with one attached hydrogen (secondary N) is 1. The van der Waals surface area contributed by atoms with Gasteiger partial charge in [0.2, 0.25) is 18.2 Å². The monoisotopic (exact) mass is 455 g/mol. The highest BCUT2D eigenvalue weighted by molar-refractivity contribution is 7.99. The van der Waals surface area contributed by atoms with Gasteiger partial charge in [-0.1, -0.05) is 36.0 Å². The van der Waals surface area contributed by atoms with Gasteiger partial charge in [-0.15, -0.1) is 20.4 Å². The third-order valence-electron chi connectivity index (χ3n) is 4.65. The standard InChI is InChI=1S/C23H17N7O2S/c31-20(26-18-8-4-6-16(12-18)22-28-25-15-32-22)14-33-23-29-27-21(17-7-5-11-24-13-17)30(23)19-9-2-1-3-10-19/h1-13,15H,14H2,(H,26,31). The molecule has 0 radical (unpaired) electrons. The van der Waals surface area contributed by atoms with Gasteiger partial charge >= 0.3 is 0 Å². The van der Waals surface area contributed by atoms with Gasteiger partial charge in [0, 0.05) is 34.9 Å². The van der Waals surface area contributed by atoms with E-state index in [1.54, 1.807) is 24.5 Å². The number of para-hydroxylation sites is 1. The Hall–Kier alpha value is -4.31. The summed E-state index contributed by atoms with van der Waals surface area (Å²) >= 11 is 1.30. The van der Waals surface area contributed by atoms with E-state index in [0.29, 0.717) is 22.6 Å². The molecule has 0 fully saturated rings. The Labute approximate surface area is 192 Å². The number of thioether (sulfide) groups is 1. The molecule has 0 spiro atoms. The van der Waals surface area contributed by atoms with Crippen LogP contribution in [0.2, 0.25) is 0 Å². The number of carbonyl (C=O) groups excluding carboxylic acids is 1. The zero-order chi connectivity index (χ0) is 22.5. The fraction of sp³-hybridized carbons (Fsp3) is 0.0435. The van der Waals surface area contributed by atoms with Crippen LogP contribution in [0.25, 0.3) is 28.5 Å². The number of hydrogen-bond donors (Lipinski definition) is 1. The summed E-state index contributed by atoms with van der Waals surface area (Å²) in [6.45, 7) is 0. The van der Waals surface area contributed by atoms with Crippen molar-refractivity contribution in [3.63, 3.8) is 0 Å². The second-order valence-electron chi connectivity index (χ2n) is 6.88. The smallest absolute Gasteiger partial charge is 0.247 e. The fourth-order valence-electron chi connectivity index (χ4n) is 3.21. The van der Waals surface area contributed by atoms with Crippen LogP contribution in [0.15, 0.2) is 95.1 Å². The summed E-state index contributed by atoms with van der Waals surface area (Å²) in [7, 11) is 0. The molecular weight excluding hydrogens is 438 g/mol. The fourth-order valence-corrected chi connectivity index (χ4v) is 3.96. The minimum Gasteiger partial charge on any atom is -0.423 e. The van der Waals surface area contributed by atoms with E-state index in [-0.39, 0.29) is 11.7 Å². The molecule has 1 amide bonds. The third kappa shape index (κ3) is 4.65. The number of hydrogen-bond acceptors (Lipinski definition) is 8. The largest absolute Gasteiger partial charge is 0.423 e. The average molecular weight is 456 g/mol. The van der Waals surface area contributed by atoms with Gasteiger partial charge in [0.15, 0.2) is 11.0 Å². The number of anilines is 1. The SMILES string of the molecule is O=C(CSc1nnc(-c2cccnc2)n1-c1ccccc1)Nc1cccc(-c2nnco2)c1. The molecule has 1 N–H and O–H groups in total. The molecular formula is C23H17N7O2S. The van der Waals surface area contributed by atoms with Crippen LogP contribution >= 0.6 is 11.8 Å². The van der Waals surface area contributed by atoms with Crippen LogP contribution < -0.4 is 5.32 Å². The predicted octanol–water partition coefficient (Wildman–Crippen LogP) is 4.11. The topological polar surface area (TPSA) is 112 Å². The highest BCUT2D eigenvalue weighted by Gasteiger charge is 2.17. The first-order chi connectivity index (χ1) is 16.3. The summed E-state index contributed by atoms with van der Waals surface area (Å²) in [5, 5.41) is 19.8. The average Bonchev–Trinajstić information content (AvgIpc) is 3.55. The molecule has 0 unspecified atom stereocenters. The first-order valence-electron chi connectivity index (χ1n) is 9.98. The van der Waals surface area contributed by atoms with E-state index < -0.39 is 0 Å². The van der Waals surface area contributed by atoms with Gasteiger partial charge in [0.25, 0.3) is 0 Å². The lowest BCUT2D eigenvalue weighted by atomic mass is 10.2. The second-order valence-corrected chi connectivity index (χ2v) is 7.82. The summed E-state index contributed by atoms with van der Waals surface area (Å²) in [4.78, 5) is 16.8. The maximum absolute atomic E-state index is 12.7. The van der Waals surface area contributed by atoms with Gasteiger partial charge in [-0.25, -0.2) is 0 Å². The molecule has 10 heteroatoms. The van der Waals surface area contributed by atoms with Crippen molar-refractivity contribution in [1.29, 1.82) is 0 Å². The summed E-state index contributed by atoms with van der Waals surface area (Å²) in [5.41, 5.74) is 3.10. The number of aromatic nitrogens is 6. The number of carbonyl (C=O) groups is 1. The number of pyridine rings is 1. The summed E-state index contributed by atoms with van der Waals surface area (Å²) in [6.07, 6.45) is 4.71. The third-order valence-corrected chi connectivity index (χ3v) is 5.58. The molecule has 0 saturated heterocycles. The number of benzene rings is 2. The maximum Gasteiger partial charge on any atom is 0.247 e. The molecule has 0 aliphatic rings. The van der Waals surface area contributed by atoms with Crippen molar-refractivity contribution in [3.05, 3.63) is 85.5 Å². The second kappa shape index (κ2) is 9.45. The molecule has 33 heavy (non-hydrogen) atoms. The molecule has 0 bridgehead atoms. The molecule has 5 aromatic rings. The molecule has 0 aliphatic heterocycles. The van der Waals surface area contributed by atoms with Gasteiger partial charge in [-0.2, -0.15) is 0 Å². The first-order valence-corrected chi connectivity index (χ1v) is 11.0. The zero-order valence-electron chi connectivity index (χ0n) is 17.2. The van der Waals surface area contributed by atoms with Gasteiger partial charge in [0.1, 0.15) is 0 Å². The molecule has 0 aliphatic carbocycles. The summed E-state index contributed by atoms with van der Waals surface area (Å²) in [5.74, 6) is 1.03. The Bertz CT molecular complexity index is 1360. The lowest BCUT2D eigenvalue weighted by Crippen LogP contribution is -2.14. The lowest BCUT2D eigenvalue weighted by Gasteiger charge is -2.10. The maximum atomic E-state index is 12.7. The molecule has 0 saturated carbocycles. The molecule has 0 atom stereocenters. The van der Waals surface area contributed by atoms with E-state index in [2.05, 4.69) is 30.7 Å². The number of rotatable bonds is 7. The van der Waals surface area contributed by atoms with Gasteiger partial charge < -0.3 is 9.73 Å². The van der Waals surface area contributed by atoms with E-state index in [9.17, 15) is 4.79 Å². The highest BCUT2D eigenvalue weighted by Crippen LogP contribution is 2.28. The van der Waals surface area contributed by atoms with E-state index >= 15 is 0 Å². The van der Waals surface area contributed by atoms with Crippen molar-refractivity contribution in [2.24, 2.45) is 0 Å². The quantitative estimate of drug-likeness (QED) is 0.365. The van der Waals surface area contributed by atoms with E-state index in [1.807, 2.05) is 59.2 Å². The van der Waals surface area contributed by atoms with Crippen molar-refractivity contribution in [1.82, 2.24) is 29.9 Å². The Morgan fingerprint density at radius 3 is 2.64 bits per heavy atom. The highest BCUT2D eigenvalue weighted by atomic mass is 32.2. The van der Waals surface area contributed by atoms with E-state index in [4.69, 9.17) is 4.42 Å². The normalized spacial score (nSPS) is 10.8. The van der Waals surface area contributed by atoms with Crippen LogP contribution in [0.5, 0.6) is 0 Å². The van der Waals surface area contributed by atoms with Crippen LogP contribution in [0.3, 0.4) is 0 Å². The Balaban J connectivity index is 1.34. The molecule has 5 rings (SSSR count). The van der Waals surface area contributed by atoms with Gasteiger partial charge in [0.05, 0.1) is 5.75 Å². The van der Waals surface area contributed by atoms with Gasteiger partial charge in [-0.3, -0.25) is 14.3 Å². The minimum absolute atomic E-state index is 0.156. The number of amides is 1. The van der Waals surface area contributed by atoms with Crippen molar-refractivity contribution in [3.8, 4) is 28.5 Å². The van der Waals surface area contributed by atoms with Crippen molar-refractivity contribution >= 4 is 23.4 Å². The lowest BCUT2D eigenvalue weighted by molar-refractivity contribution is -0.113. The van der Waals surface area contributed by atoms with Crippen molar-refractivity contribution in [2.75, 3.05) is 11.1 Å². The zero-order valence-corrected chi connectivity index (χ0v) is 18.0. The van der Waals surface area contributed by atoms with Crippen LogP contribution in [-0.4, -0.2) is 41.6 Å². The Kier molecular flexibility index (Phi) is 5.89. The molecule has 3 heterocycles. The van der Waals surface area contributed by atoms with E-state index in [0.717, 1.165) is 16.8 Å². The molecule has 162 valence electrons. The number of nitrogens with zero attached hydrogens (tertiary/aromatic N) is 6. The Morgan fingerprint density at radius 1 is 0.970 bits per heavy atom. The predicted molar refractivity (Wildman–Crippen MR) is 124 cm³/mol. The molecule has 3 aromatic heterocycles. The van der Waals surface area contributed by atoms with Crippen LogP contribution in [0, 0.1) is 0 Å². The van der Waals surface area contributed by atoms with Crippen molar-refractivity contribution in [2.45, 2.75) is 5.16 Å². The molecule has 9 nitrogen and oxygen atoms in total. The summed E-state index contributed by atoms with van der Waals surface area (Å²) in [6, 6.07) is 20.8. The Morgan fingerprint density at radius 2 is 1.85 bits per heavy atom. The van der Waals surface area contributed by atoms with Crippen LogP contribution in [0.1, 0.15) is 0 Å². The van der Waals surface area contributed by atoms with Crippen molar-refractivity contribution < 1.29 is 9.21 Å². The summed E-state index contributed by atoms with van der Waals surface area (Å²) < 4.78 is 7.14. The van der Waals surface area contributed by atoms with Crippen LogP contribution in [-0.2, 0) is 4.79 Å². The van der Waals surface area contributed by atoms with E-state index in [1.165, 1.54) is 18.2 Å². The minimum atomic E-state index is -0.173. The van der Waals surface area contributed by atoms with Gasteiger partial charge in [-0.05, 0) is 42.5 Å². The van der Waals surface area contributed by atoms with Crippen LogP contribution in [0.4, 0.5) is 5.69 Å². The molecule has 2 aromatic carbocycles.